The van der Waals surface area contributed by atoms with Gasteiger partial charge in [0, 0.05) is 26.2 Å². The fourth-order valence-electron chi connectivity index (χ4n) is 4.28. The SMILES string of the molecule is CCNC(=NCC1(C)CCCC1)N1CCC2(CCC2)C1.I. The fourth-order valence-corrected chi connectivity index (χ4v) is 4.28. The van der Waals surface area contributed by atoms with Crippen molar-refractivity contribution >= 4 is 29.9 Å². The Bertz CT molecular complexity index is 370. The highest BCUT2D eigenvalue weighted by Gasteiger charge is 2.43. The van der Waals surface area contributed by atoms with Crippen molar-refractivity contribution < 1.29 is 0 Å². The molecule has 2 saturated carbocycles. The number of aliphatic imine (C=N–C) groups is 1. The Labute approximate surface area is 147 Å². The van der Waals surface area contributed by atoms with Crippen LogP contribution in [0, 0.1) is 10.8 Å². The number of hydrogen-bond donors (Lipinski definition) is 1. The summed E-state index contributed by atoms with van der Waals surface area (Å²) in [5.41, 5.74) is 1.13. The van der Waals surface area contributed by atoms with E-state index in [2.05, 4.69) is 24.1 Å². The Kier molecular flexibility index (Phi) is 5.83. The van der Waals surface area contributed by atoms with Gasteiger partial charge < -0.3 is 10.2 Å². The first-order valence-electron chi connectivity index (χ1n) is 8.68. The molecule has 0 atom stereocenters. The van der Waals surface area contributed by atoms with Crippen molar-refractivity contribution in [3.05, 3.63) is 0 Å². The molecule has 1 aliphatic heterocycles. The van der Waals surface area contributed by atoms with E-state index >= 15 is 0 Å². The lowest BCUT2D eigenvalue weighted by molar-refractivity contribution is 0.151. The predicted octanol–water partition coefficient (Wildman–Crippen LogP) is 4.03. The Morgan fingerprint density at radius 3 is 2.33 bits per heavy atom. The fraction of sp³-hybridized carbons (Fsp3) is 0.941. The van der Waals surface area contributed by atoms with Gasteiger partial charge in [0.25, 0.3) is 0 Å². The first-order chi connectivity index (χ1) is 9.65. The lowest BCUT2D eigenvalue weighted by Gasteiger charge is -2.38. The average Bonchev–Trinajstić information content (AvgIpc) is 3.01. The van der Waals surface area contributed by atoms with Gasteiger partial charge in [-0.15, -0.1) is 24.0 Å². The van der Waals surface area contributed by atoms with Crippen molar-refractivity contribution in [3.8, 4) is 0 Å². The molecule has 1 heterocycles. The van der Waals surface area contributed by atoms with Crippen molar-refractivity contribution in [2.75, 3.05) is 26.2 Å². The topological polar surface area (TPSA) is 27.6 Å². The quantitative estimate of drug-likeness (QED) is 0.436. The summed E-state index contributed by atoms with van der Waals surface area (Å²) < 4.78 is 0. The van der Waals surface area contributed by atoms with Crippen molar-refractivity contribution in [1.29, 1.82) is 0 Å². The van der Waals surface area contributed by atoms with Crippen LogP contribution in [0.5, 0.6) is 0 Å². The van der Waals surface area contributed by atoms with Crippen LogP contribution in [-0.4, -0.2) is 37.0 Å². The molecule has 1 N–H and O–H groups in total. The molecule has 0 radical (unpaired) electrons. The maximum absolute atomic E-state index is 5.00. The van der Waals surface area contributed by atoms with Gasteiger partial charge in [-0.2, -0.15) is 0 Å². The summed E-state index contributed by atoms with van der Waals surface area (Å²) in [5.74, 6) is 1.18. The number of nitrogens with one attached hydrogen (secondary N) is 1. The Hall–Kier alpha value is 0. The van der Waals surface area contributed by atoms with Crippen LogP contribution in [0.1, 0.15) is 65.2 Å². The molecule has 3 fully saturated rings. The van der Waals surface area contributed by atoms with Crippen molar-refractivity contribution in [2.45, 2.75) is 65.2 Å². The summed E-state index contributed by atoms with van der Waals surface area (Å²) in [6, 6.07) is 0. The van der Waals surface area contributed by atoms with Crippen molar-refractivity contribution in [2.24, 2.45) is 15.8 Å². The van der Waals surface area contributed by atoms with Crippen LogP contribution in [0.4, 0.5) is 0 Å². The standard InChI is InChI=1S/C17H31N3.HI/c1-3-18-15(19-13-16(2)7-4-5-8-16)20-12-11-17(14-20)9-6-10-17;/h3-14H2,1-2H3,(H,18,19);1H. The molecule has 1 saturated heterocycles. The minimum absolute atomic E-state index is 0. The summed E-state index contributed by atoms with van der Waals surface area (Å²) in [5, 5.41) is 3.53. The second kappa shape index (κ2) is 7.05. The molecule has 0 bridgehead atoms. The first kappa shape index (κ1) is 17.4. The van der Waals surface area contributed by atoms with Crippen LogP contribution in [0.25, 0.3) is 0 Å². The monoisotopic (exact) mass is 405 g/mol. The molecule has 0 aromatic carbocycles. The summed E-state index contributed by atoms with van der Waals surface area (Å²) >= 11 is 0. The molecule has 21 heavy (non-hydrogen) atoms. The second-order valence-corrected chi connectivity index (χ2v) is 7.71. The second-order valence-electron chi connectivity index (χ2n) is 7.71. The molecule has 2 aliphatic carbocycles. The minimum Gasteiger partial charge on any atom is -0.357 e. The van der Waals surface area contributed by atoms with E-state index < -0.39 is 0 Å². The van der Waals surface area contributed by atoms with Gasteiger partial charge in [0.15, 0.2) is 5.96 Å². The first-order valence-corrected chi connectivity index (χ1v) is 8.68. The van der Waals surface area contributed by atoms with E-state index in [0.717, 1.165) is 13.1 Å². The van der Waals surface area contributed by atoms with E-state index in [4.69, 9.17) is 4.99 Å². The number of nitrogens with zero attached hydrogens (tertiary/aromatic N) is 2. The molecule has 4 heteroatoms. The Morgan fingerprint density at radius 1 is 1.10 bits per heavy atom. The minimum atomic E-state index is 0. The summed E-state index contributed by atoms with van der Waals surface area (Å²) in [6.45, 7) is 9.06. The van der Waals surface area contributed by atoms with E-state index in [0.29, 0.717) is 10.8 Å². The zero-order chi connectivity index (χ0) is 14.1. The number of halogens is 1. The van der Waals surface area contributed by atoms with Crippen LogP contribution in [0.3, 0.4) is 0 Å². The zero-order valence-corrected chi connectivity index (χ0v) is 16.1. The molecular formula is C17H32IN3. The third-order valence-electron chi connectivity index (χ3n) is 5.91. The van der Waals surface area contributed by atoms with E-state index in [-0.39, 0.29) is 24.0 Å². The average molecular weight is 405 g/mol. The van der Waals surface area contributed by atoms with Gasteiger partial charge in [0.2, 0.25) is 0 Å². The summed E-state index contributed by atoms with van der Waals surface area (Å²) in [4.78, 5) is 7.53. The van der Waals surface area contributed by atoms with Gasteiger partial charge in [-0.1, -0.05) is 26.2 Å². The third-order valence-corrected chi connectivity index (χ3v) is 5.91. The van der Waals surface area contributed by atoms with Gasteiger partial charge in [-0.05, 0) is 49.9 Å². The number of guanidine groups is 1. The third kappa shape index (κ3) is 3.85. The van der Waals surface area contributed by atoms with Crippen LogP contribution in [0.15, 0.2) is 4.99 Å². The zero-order valence-electron chi connectivity index (χ0n) is 13.8. The van der Waals surface area contributed by atoms with Crippen molar-refractivity contribution in [1.82, 2.24) is 10.2 Å². The van der Waals surface area contributed by atoms with Crippen LogP contribution >= 0.6 is 24.0 Å². The van der Waals surface area contributed by atoms with Gasteiger partial charge in [-0.3, -0.25) is 4.99 Å². The number of likely N-dealkylation sites (tertiary alicyclic amines) is 1. The summed E-state index contributed by atoms with van der Waals surface area (Å²) in [7, 11) is 0. The van der Waals surface area contributed by atoms with E-state index in [1.165, 1.54) is 70.4 Å². The predicted molar refractivity (Wildman–Crippen MR) is 100 cm³/mol. The molecule has 0 amide bonds. The highest BCUT2D eigenvalue weighted by atomic mass is 127. The molecule has 1 spiro atoms. The smallest absolute Gasteiger partial charge is 0.193 e. The van der Waals surface area contributed by atoms with Gasteiger partial charge in [-0.25, -0.2) is 0 Å². The highest BCUT2D eigenvalue weighted by Crippen LogP contribution is 2.48. The molecule has 3 rings (SSSR count). The van der Waals surface area contributed by atoms with E-state index in [1.54, 1.807) is 0 Å². The largest absolute Gasteiger partial charge is 0.357 e. The highest BCUT2D eigenvalue weighted by molar-refractivity contribution is 14.0. The van der Waals surface area contributed by atoms with Crippen LogP contribution in [0.2, 0.25) is 0 Å². The van der Waals surface area contributed by atoms with Gasteiger partial charge in [0.1, 0.15) is 0 Å². The Balaban J connectivity index is 0.00000161. The molecule has 0 unspecified atom stereocenters. The van der Waals surface area contributed by atoms with Crippen LogP contribution < -0.4 is 5.32 Å². The lowest BCUT2D eigenvalue weighted by Crippen LogP contribution is -2.43. The number of rotatable bonds is 3. The van der Waals surface area contributed by atoms with Crippen molar-refractivity contribution in [3.63, 3.8) is 0 Å². The normalized spacial score (nSPS) is 26.6. The molecule has 0 aromatic rings. The maximum atomic E-state index is 5.00. The molecular weight excluding hydrogens is 373 g/mol. The molecule has 3 nitrogen and oxygen atoms in total. The molecule has 122 valence electrons. The number of hydrogen-bond acceptors (Lipinski definition) is 1. The lowest BCUT2D eigenvalue weighted by atomic mass is 9.68. The molecule has 0 aromatic heterocycles. The molecule has 3 aliphatic rings. The summed E-state index contributed by atoms with van der Waals surface area (Å²) in [6.07, 6.45) is 11.2. The maximum Gasteiger partial charge on any atom is 0.193 e. The van der Waals surface area contributed by atoms with Crippen LogP contribution in [-0.2, 0) is 0 Å². The Morgan fingerprint density at radius 2 is 1.81 bits per heavy atom. The van der Waals surface area contributed by atoms with Gasteiger partial charge >= 0.3 is 0 Å². The van der Waals surface area contributed by atoms with Gasteiger partial charge in [0.05, 0.1) is 0 Å². The van der Waals surface area contributed by atoms with E-state index in [1.807, 2.05) is 0 Å². The van der Waals surface area contributed by atoms with E-state index in [9.17, 15) is 0 Å².